The van der Waals surface area contributed by atoms with Gasteiger partial charge in [0.2, 0.25) is 15.9 Å². The first-order valence-corrected chi connectivity index (χ1v) is 10.3. The minimum absolute atomic E-state index is 0.000607. The lowest BCUT2D eigenvalue weighted by atomic mass is 10.0. The predicted molar refractivity (Wildman–Crippen MR) is 92.4 cm³/mol. The van der Waals surface area contributed by atoms with E-state index in [0.717, 1.165) is 32.1 Å². The number of sulfonamides is 1. The summed E-state index contributed by atoms with van der Waals surface area (Å²) in [6, 6.07) is -0.0188. The highest BCUT2D eigenvalue weighted by Crippen LogP contribution is 2.60. The Balaban J connectivity index is 2.08. The van der Waals surface area contributed by atoms with Crippen LogP contribution in [0.2, 0.25) is 0 Å². The number of piperidine rings is 1. The van der Waals surface area contributed by atoms with Gasteiger partial charge in [0.25, 0.3) is 0 Å². The molecule has 2 rings (SSSR count). The second-order valence-electron chi connectivity index (χ2n) is 7.87. The Morgan fingerprint density at radius 2 is 1.96 bits per heavy atom. The van der Waals surface area contributed by atoms with Crippen molar-refractivity contribution in [2.45, 2.75) is 53.0 Å². The van der Waals surface area contributed by atoms with E-state index >= 15 is 0 Å². The van der Waals surface area contributed by atoms with Gasteiger partial charge in [-0.2, -0.15) is 0 Å². The molecule has 0 bridgehead atoms. The predicted octanol–water partition coefficient (Wildman–Crippen LogP) is 2.16. The third-order valence-electron chi connectivity index (χ3n) is 5.18. The number of carbonyl (C=O) groups is 1. The molecule has 0 radical (unpaired) electrons. The molecular formula is C17H30N2O3S. The quantitative estimate of drug-likeness (QED) is 0.779. The van der Waals surface area contributed by atoms with Crippen LogP contribution in [0.4, 0.5) is 0 Å². The molecule has 2 aliphatic rings. The van der Waals surface area contributed by atoms with Gasteiger partial charge in [0.1, 0.15) is 0 Å². The van der Waals surface area contributed by atoms with Gasteiger partial charge in [0.05, 0.1) is 12.2 Å². The van der Waals surface area contributed by atoms with Gasteiger partial charge in [0, 0.05) is 19.1 Å². The summed E-state index contributed by atoms with van der Waals surface area (Å²) in [4.78, 5) is 14.9. The number of allylic oxidation sites excluding steroid dienone is 2. The van der Waals surface area contributed by atoms with E-state index in [2.05, 4.69) is 38.5 Å². The molecule has 0 aromatic heterocycles. The molecule has 1 aliphatic carbocycles. The third kappa shape index (κ3) is 4.35. The average molecular weight is 343 g/mol. The maximum Gasteiger partial charge on any atom is 0.227 e. The van der Waals surface area contributed by atoms with Crippen LogP contribution < -0.4 is 4.72 Å². The topological polar surface area (TPSA) is 66.5 Å². The minimum Gasteiger partial charge on any atom is -0.338 e. The summed E-state index contributed by atoms with van der Waals surface area (Å²) >= 11 is 0. The summed E-state index contributed by atoms with van der Waals surface area (Å²) in [5.74, 6) is 0.513. The smallest absolute Gasteiger partial charge is 0.227 e. The normalized spacial score (nSPS) is 30.0. The summed E-state index contributed by atoms with van der Waals surface area (Å²) in [5.41, 5.74) is 1.24. The first-order valence-electron chi connectivity index (χ1n) is 8.44. The van der Waals surface area contributed by atoms with Crippen molar-refractivity contribution in [3.05, 3.63) is 11.6 Å². The van der Waals surface area contributed by atoms with Crippen molar-refractivity contribution >= 4 is 15.9 Å². The highest BCUT2D eigenvalue weighted by Gasteiger charge is 2.61. The van der Waals surface area contributed by atoms with E-state index in [9.17, 15) is 13.2 Å². The first kappa shape index (κ1) is 18.5. The Hall–Kier alpha value is -0.880. The summed E-state index contributed by atoms with van der Waals surface area (Å²) in [6.45, 7) is 9.49. The van der Waals surface area contributed by atoms with Crippen LogP contribution in [0.25, 0.3) is 0 Å². The Labute approximate surface area is 140 Å². The fourth-order valence-electron chi connectivity index (χ4n) is 3.75. The molecule has 5 nitrogen and oxygen atoms in total. The van der Waals surface area contributed by atoms with Crippen molar-refractivity contribution in [1.29, 1.82) is 0 Å². The number of hydrogen-bond acceptors (Lipinski definition) is 3. The molecule has 1 amide bonds. The van der Waals surface area contributed by atoms with E-state index in [1.807, 2.05) is 4.90 Å². The molecule has 1 saturated carbocycles. The molecule has 1 saturated heterocycles. The van der Waals surface area contributed by atoms with Crippen molar-refractivity contribution in [3.8, 4) is 0 Å². The summed E-state index contributed by atoms with van der Waals surface area (Å²) in [7, 11) is -3.22. The van der Waals surface area contributed by atoms with E-state index < -0.39 is 10.0 Å². The maximum atomic E-state index is 13.0. The molecule has 0 unspecified atom stereocenters. The highest BCUT2D eigenvalue weighted by molar-refractivity contribution is 7.88. The molecule has 1 heterocycles. The number of nitrogens with zero attached hydrogens (tertiary/aromatic N) is 1. The van der Waals surface area contributed by atoms with E-state index in [1.165, 1.54) is 5.57 Å². The summed E-state index contributed by atoms with van der Waals surface area (Å²) in [6.07, 6.45) is 6.29. The van der Waals surface area contributed by atoms with Gasteiger partial charge >= 0.3 is 0 Å². The Kier molecular flexibility index (Phi) is 5.26. The maximum absolute atomic E-state index is 13.0. The standard InChI is InChI=1S/C17H30N2O3S/c1-12(2)10-14-15(17(14,3)4)16(20)19-9-7-6-8-13(19)11-18-23(5,21)22/h10,13-15,18H,6-9,11H2,1-5H3/t13-,14-,15-/m1/s1. The van der Waals surface area contributed by atoms with Gasteiger partial charge in [-0.1, -0.05) is 25.5 Å². The average Bonchev–Trinajstić information content (AvgIpc) is 2.95. The number of amides is 1. The van der Waals surface area contributed by atoms with Crippen LogP contribution in [-0.4, -0.2) is 44.6 Å². The van der Waals surface area contributed by atoms with Gasteiger partial charge in [0.15, 0.2) is 0 Å². The first-order chi connectivity index (χ1) is 10.5. The molecule has 0 aromatic carbocycles. The van der Waals surface area contributed by atoms with Crippen LogP contribution in [0.15, 0.2) is 11.6 Å². The molecule has 23 heavy (non-hydrogen) atoms. The van der Waals surface area contributed by atoms with Crippen LogP contribution in [-0.2, 0) is 14.8 Å². The number of rotatable bonds is 5. The molecular weight excluding hydrogens is 312 g/mol. The molecule has 6 heteroatoms. The van der Waals surface area contributed by atoms with Gasteiger partial charge in [-0.05, 0) is 44.4 Å². The SMILES string of the molecule is CC(C)=C[C@@H]1[C@H](C(=O)N2CCCC[C@@H]2CNS(C)(=O)=O)C1(C)C. The molecule has 1 aliphatic heterocycles. The van der Waals surface area contributed by atoms with E-state index in [1.54, 1.807) is 0 Å². The lowest BCUT2D eigenvalue weighted by molar-refractivity contribution is -0.137. The van der Waals surface area contributed by atoms with E-state index in [4.69, 9.17) is 0 Å². The van der Waals surface area contributed by atoms with Crippen LogP contribution in [0.1, 0.15) is 47.0 Å². The fraction of sp³-hybridized carbons (Fsp3) is 0.824. The zero-order valence-electron chi connectivity index (χ0n) is 14.9. The second-order valence-corrected chi connectivity index (χ2v) is 9.70. The van der Waals surface area contributed by atoms with Crippen molar-refractivity contribution in [1.82, 2.24) is 9.62 Å². The molecule has 0 spiro atoms. The monoisotopic (exact) mass is 342 g/mol. The summed E-state index contributed by atoms with van der Waals surface area (Å²) in [5, 5.41) is 0. The van der Waals surface area contributed by atoms with Crippen molar-refractivity contribution in [3.63, 3.8) is 0 Å². The molecule has 0 aromatic rings. The van der Waals surface area contributed by atoms with Crippen molar-refractivity contribution in [2.75, 3.05) is 19.3 Å². The molecule has 1 N–H and O–H groups in total. The van der Waals surface area contributed by atoms with Gasteiger partial charge in [-0.25, -0.2) is 13.1 Å². The zero-order valence-corrected chi connectivity index (χ0v) is 15.7. The minimum atomic E-state index is -3.22. The van der Waals surface area contributed by atoms with Gasteiger partial charge in [-0.15, -0.1) is 0 Å². The van der Waals surface area contributed by atoms with Crippen molar-refractivity contribution in [2.24, 2.45) is 17.3 Å². The number of likely N-dealkylation sites (tertiary alicyclic amines) is 1. The number of hydrogen-bond donors (Lipinski definition) is 1. The second kappa shape index (κ2) is 6.55. The van der Waals surface area contributed by atoms with Crippen LogP contribution in [0, 0.1) is 17.3 Å². The van der Waals surface area contributed by atoms with Gasteiger partial charge < -0.3 is 4.90 Å². The lowest BCUT2D eigenvalue weighted by Gasteiger charge is -2.36. The zero-order chi connectivity index (χ0) is 17.4. The lowest BCUT2D eigenvalue weighted by Crippen LogP contribution is -2.50. The highest BCUT2D eigenvalue weighted by atomic mass is 32.2. The van der Waals surface area contributed by atoms with Crippen LogP contribution in [0.3, 0.4) is 0 Å². The van der Waals surface area contributed by atoms with E-state index in [0.29, 0.717) is 12.5 Å². The van der Waals surface area contributed by atoms with E-state index in [-0.39, 0.29) is 23.3 Å². The van der Waals surface area contributed by atoms with Crippen LogP contribution in [0.5, 0.6) is 0 Å². The summed E-state index contributed by atoms with van der Waals surface area (Å²) < 4.78 is 25.3. The third-order valence-corrected chi connectivity index (χ3v) is 5.87. The fourth-order valence-corrected chi connectivity index (χ4v) is 4.24. The number of carbonyl (C=O) groups excluding carboxylic acids is 1. The number of nitrogens with one attached hydrogen (secondary N) is 1. The largest absolute Gasteiger partial charge is 0.338 e. The molecule has 2 fully saturated rings. The Bertz CT molecular complexity index is 591. The molecule has 132 valence electrons. The van der Waals surface area contributed by atoms with Crippen LogP contribution >= 0.6 is 0 Å². The Morgan fingerprint density at radius 3 is 2.52 bits per heavy atom. The van der Waals surface area contributed by atoms with Crippen molar-refractivity contribution < 1.29 is 13.2 Å². The Morgan fingerprint density at radius 1 is 1.30 bits per heavy atom. The van der Waals surface area contributed by atoms with Gasteiger partial charge in [-0.3, -0.25) is 4.79 Å². The molecule has 3 atom stereocenters.